The van der Waals surface area contributed by atoms with Gasteiger partial charge in [0.15, 0.2) is 0 Å². The Morgan fingerprint density at radius 2 is 1.24 bits per heavy atom. The molecule has 0 aliphatic heterocycles. The van der Waals surface area contributed by atoms with Gasteiger partial charge < -0.3 is 9.64 Å². The van der Waals surface area contributed by atoms with Gasteiger partial charge in [0.2, 0.25) is 0 Å². The van der Waals surface area contributed by atoms with Crippen LogP contribution in [0, 0.1) is 0 Å². The van der Waals surface area contributed by atoms with E-state index in [1.807, 2.05) is 24.3 Å². The van der Waals surface area contributed by atoms with Gasteiger partial charge >= 0.3 is 5.97 Å². The van der Waals surface area contributed by atoms with Gasteiger partial charge in [-0.3, -0.25) is 4.79 Å². The van der Waals surface area contributed by atoms with Crippen LogP contribution in [0.3, 0.4) is 0 Å². The third-order valence-electron chi connectivity index (χ3n) is 3.18. The third kappa shape index (κ3) is 3.28. The lowest BCUT2D eigenvalue weighted by molar-refractivity contribution is 0.0600. The van der Waals surface area contributed by atoms with E-state index >= 15 is 0 Å². The molecule has 108 valence electrons. The molecule has 0 aliphatic carbocycles. The minimum Gasteiger partial charge on any atom is -0.465 e. The molecule has 0 atom stereocenters. The van der Waals surface area contributed by atoms with Crippen LogP contribution < -0.4 is 0 Å². The van der Waals surface area contributed by atoms with Gasteiger partial charge in [-0.1, -0.05) is 24.3 Å². The first kappa shape index (κ1) is 14.8. The average Bonchev–Trinajstić information content (AvgIpc) is 2.53. The van der Waals surface area contributed by atoms with Crippen LogP contribution in [-0.4, -0.2) is 38.0 Å². The summed E-state index contributed by atoms with van der Waals surface area (Å²) in [5, 5.41) is 0. The maximum absolute atomic E-state index is 11.8. The molecule has 0 fully saturated rings. The van der Waals surface area contributed by atoms with Crippen LogP contribution >= 0.6 is 0 Å². The van der Waals surface area contributed by atoms with E-state index in [2.05, 4.69) is 4.74 Å². The van der Waals surface area contributed by atoms with Crippen LogP contribution in [0.1, 0.15) is 20.7 Å². The number of nitrogens with zero attached hydrogens (tertiary/aromatic N) is 1. The summed E-state index contributed by atoms with van der Waals surface area (Å²) in [6.07, 6.45) is 0. The van der Waals surface area contributed by atoms with E-state index in [1.54, 1.807) is 43.3 Å². The second kappa shape index (κ2) is 6.22. The molecular weight excluding hydrogens is 266 g/mol. The number of hydrogen-bond acceptors (Lipinski definition) is 3. The van der Waals surface area contributed by atoms with Crippen LogP contribution in [0.15, 0.2) is 48.5 Å². The summed E-state index contributed by atoms with van der Waals surface area (Å²) >= 11 is 0. The Labute approximate surface area is 124 Å². The Hall–Kier alpha value is -2.62. The van der Waals surface area contributed by atoms with Crippen LogP contribution in [0.4, 0.5) is 0 Å². The Morgan fingerprint density at radius 1 is 0.810 bits per heavy atom. The molecule has 0 saturated heterocycles. The zero-order valence-corrected chi connectivity index (χ0v) is 12.3. The first-order chi connectivity index (χ1) is 10.0. The summed E-state index contributed by atoms with van der Waals surface area (Å²) in [4.78, 5) is 24.7. The Morgan fingerprint density at radius 3 is 1.62 bits per heavy atom. The average molecular weight is 283 g/mol. The lowest BCUT2D eigenvalue weighted by Gasteiger charge is -2.10. The number of hydrogen-bond donors (Lipinski definition) is 0. The van der Waals surface area contributed by atoms with Crippen molar-refractivity contribution >= 4 is 11.9 Å². The topological polar surface area (TPSA) is 46.6 Å². The smallest absolute Gasteiger partial charge is 0.337 e. The lowest BCUT2D eigenvalue weighted by Crippen LogP contribution is -2.21. The largest absolute Gasteiger partial charge is 0.465 e. The Bertz CT molecular complexity index is 643. The highest BCUT2D eigenvalue weighted by Gasteiger charge is 2.08. The summed E-state index contributed by atoms with van der Waals surface area (Å²) in [7, 11) is 4.81. The van der Waals surface area contributed by atoms with E-state index in [9.17, 15) is 9.59 Å². The molecule has 1 amide bonds. The van der Waals surface area contributed by atoms with Crippen molar-refractivity contribution in [2.45, 2.75) is 0 Å². The number of rotatable bonds is 3. The minimum absolute atomic E-state index is 0.0254. The molecular formula is C17H17NO3. The molecule has 0 aliphatic rings. The number of amides is 1. The van der Waals surface area contributed by atoms with Crippen LogP contribution in [0.5, 0.6) is 0 Å². The fourth-order valence-electron chi connectivity index (χ4n) is 1.98. The van der Waals surface area contributed by atoms with Crippen LogP contribution in [0.2, 0.25) is 0 Å². The van der Waals surface area contributed by atoms with Crippen LogP contribution in [0.25, 0.3) is 11.1 Å². The highest BCUT2D eigenvalue weighted by molar-refractivity contribution is 5.94. The van der Waals surface area contributed by atoms with E-state index in [0.29, 0.717) is 11.1 Å². The molecule has 0 heterocycles. The first-order valence-electron chi connectivity index (χ1n) is 6.53. The second-order valence-corrected chi connectivity index (χ2v) is 4.85. The second-order valence-electron chi connectivity index (χ2n) is 4.85. The summed E-state index contributed by atoms with van der Waals surface area (Å²) in [5.74, 6) is -0.379. The number of methoxy groups -OCH3 is 1. The maximum atomic E-state index is 11.8. The van der Waals surface area contributed by atoms with Crippen molar-refractivity contribution in [1.82, 2.24) is 4.90 Å². The maximum Gasteiger partial charge on any atom is 0.337 e. The molecule has 2 rings (SSSR count). The summed E-state index contributed by atoms with van der Waals surface area (Å²) in [6.45, 7) is 0. The fourth-order valence-corrected chi connectivity index (χ4v) is 1.98. The minimum atomic E-state index is -0.353. The standard InChI is InChI=1S/C17H17NO3/c1-18(2)16(19)14-8-4-12(5-9-14)13-6-10-15(11-7-13)17(20)21-3/h4-11H,1-3H3. The third-order valence-corrected chi connectivity index (χ3v) is 3.18. The van der Waals surface area contributed by atoms with Gasteiger partial charge in [-0.2, -0.15) is 0 Å². The zero-order valence-electron chi connectivity index (χ0n) is 12.3. The van der Waals surface area contributed by atoms with E-state index in [1.165, 1.54) is 7.11 Å². The van der Waals surface area contributed by atoms with Gasteiger partial charge in [-0.05, 0) is 35.4 Å². The quantitative estimate of drug-likeness (QED) is 0.814. The number of carbonyl (C=O) groups excluding carboxylic acids is 2. The van der Waals surface area contributed by atoms with E-state index in [4.69, 9.17) is 0 Å². The Kier molecular flexibility index (Phi) is 4.38. The van der Waals surface area contributed by atoms with E-state index < -0.39 is 0 Å². The molecule has 2 aromatic rings. The van der Waals surface area contributed by atoms with Gasteiger partial charge in [0.05, 0.1) is 12.7 Å². The van der Waals surface area contributed by atoms with E-state index in [-0.39, 0.29) is 11.9 Å². The lowest BCUT2D eigenvalue weighted by atomic mass is 10.0. The molecule has 0 bridgehead atoms. The number of esters is 1. The van der Waals surface area contributed by atoms with Crippen molar-refractivity contribution in [3.8, 4) is 11.1 Å². The van der Waals surface area contributed by atoms with Crippen molar-refractivity contribution in [2.24, 2.45) is 0 Å². The molecule has 21 heavy (non-hydrogen) atoms. The van der Waals surface area contributed by atoms with Crippen LogP contribution in [-0.2, 0) is 4.74 Å². The highest BCUT2D eigenvalue weighted by Crippen LogP contribution is 2.21. The molecule has 0 unspecified atom stereocenters. The zero-order chi connectivity index (χ0) is 15.4. The van der Waals surface area contributed by atoms with Crippen molar-refractivity contribution in [3.63, 3.8) is 0 Å². The summed E-state index contributed by atoms with van der Waals surface area (Å²) in [5.41, 5.74) is 3.13. The number of ether oxygens (including phenoxy) is 1. The summed E-state index contributed by atoms with van der Waals surface area (Å²) in [6, 6.07) is 14.5. The van der Waals surface area contributed by atoms with Gasteiger partial charge in [0, 0.05) is 19.7 Å². The van der Waals surface area contributed by atoms with E-state index in [0.717, 1.165) is 11.1 Å². The number of carbonyl (C=O) groups is 2. The predicted molar refractivity (Wildman–Crippen MR) is 81.2 cm³/mol. The molecule has 4 nitrogen and oxygen atoms in total. The van der Waals surface area contributed by atoms with Crippen molar-refractivity contribution in [2.75, 3.05) is 21.2 Å². The van der Waals surface area contributed by atoms with Crippen molar-refractivity contribution in [1.29, 1.82) is 0 Å². The highest BCUT2D eigenvalue weighted by atomic mass is 16.5. The number of benzene rings is 2. The molecule has 2 aromatic carbocycles. The SMILES string of the molecule is COC(=O)c1ccc(-c2ccc(C(=O)N(C)C)cc2)cc1. The molecule has 0 N–H and O–H groups in total. The molecule has 0 aromatic heterocycles. The molecule has 4 heteroatoms. The van der Waals surface area contributed by atoms with Gasteiger partial charge in [0.1, 0.15) is 0 Å². The van der Waals surface area contributed by atoms with Crippen molar-refractivity contribution < 1.29 is 14.3 Å². The fraction of sp³-hybridized carbons (Fsp3) is 0.176. The van der Waals surface area contributed by atoms with Gasteiger partial charge in [-0.25, -0.2) is 4.79 Å². The Balaban J connectivity index is 2.23. The van der Waals surface area contributed by atoms with Gasteiger partial charge in [-0.15, -0.1) is 0 Å². The monoisotopic (exact) mass is 283 g/mol. The normalized spacial score (nSPS) is 10.0. The first-order valence-corrected chi connectivity index (χ1v) is 6.53. The summed E-state index contributed by atoms with van der Waals surface area (Å²) < 4.78 is 4.67. The predicted octanol–water partition coefficient (Wildman–Crippen LogP) is 2.84. The van der Waals surface area contributed by atoms with Gasteiger partial charge in [0.25, 0.3) is 5.91 Å². The molecule has 0 radical (unpaired) electrons. The van der Waals surface area contributed by atoms with Crippen molar-refractivity contribution in [3.05, 3.63) is 59.7 Å². The molecule has 0 spiro atoms. The molecule has 0 saturated carbocycles.